The van der Waals surface area contributed by atoms with Gasteiger partial charge in [0.2, 0.25) is 0 Å². The van der Waals surface area contributed by atoms with Gasteiger partial charge < -0.3 is 0 Å². The summed E-state index contributed by atoms with van der Waals surface area (Å²) in [4.78, 5) is 4.03. The summed E-state index contributed by atoms with van der Waals surface area (Å²) in [6.07, 6.45) is 2.91. The first-order valence-electron chi connectivity index (χ1n) is 4.12. The summed E-state index contributed by atoms with van der Waals surface area (Å²) in [5.74, 6) is 0.0671. The fraction of sp³-hybridized carbons (Fsp3) is 0.444. The normalized spacial score (nSPS) is 12.8. The van der Waals surface area contributed by atoms with Gasteiger partial charge in [0.05, 0.1) is 9.64 Å². The van der Waals surface area contributed by atoms with Gasteiger partial charge in [0.25, 0.3) is 0 Å². The number of hydrogen-bond acceptors (Lipinski definition) is 3. The summed E-state index contributed by atoms with van der Waals surface area (Å²) >= 11 is 5.63. The molecule has 14 heavy (non-hydrogen) atoms. The largest absolute Gasteiger partial charge is 0.265 e. The average Bonchev–Trinajstić information content (AvgIpc) is 2.19. The van der Waals surface area contributed by atoms with E-state index in [0.717, 1.165) is 0 Å². The molecule has 0 atom stereocenters. The molecule has 1 aromatic rings. The lowest BCUT2D eigenvalue weighted by Gasteiger charge is -2.21. The smallest absolute Gasteiger partial charge is 0.184 e. The molecular weight excluding hydrogens is 222 g/mol. The summed E-state index contributed by atoms with van der Waals surface area (Å²) in [7, 11) is -3.36. The van der Waals surface area contributed by atoms with Crippen molar-refractivity contribution < 1.29 is 8.42 Å². The second-order valence-corrected chi connectivity index (χ2v) is 6.43. The van der Waals surface area contributed by atoms with Gasteiger partial charge in [0.1, 0.15) is 0 Å². The third-order valence-electron chi connectivity index (χ3n) is 2.01. The maximum Gasteiger partial charge on any atom is 0.184 e. The Balaban J connectivity index is 3.23. The quantitative estimate of drug-likeness (QED) is 0.749. The van der Waals surface area contributed by atoms with Crippen LogP contribution in [0, 0.1) is 0 Å². The maximum atomic E-state index is 12.0. The van der Waals surface area contributed by atoms with E-state index in [9.17, 15) is 8.42 Å². The van der Waals surface area contributed by atoms with Crippen LogP contribution in [0.15, 0.2) is 29.4 Å². The predicted octanol–water partition coefficient (Wildman–Crippen LogP) is 1.87. The van der Waals surface area contributed by atoms with Gasteiger partial charge in [-0.05, 0) is 26.0 Å². The summed E-state index contributed by atoms with van der Waals surface area (Å²) < 4.78 is 23.0. The molecular formula is C9H12ClNO2S. The zero-order valence-corrected chi connectivity index (χ0v) is 9.64. The summed E-state index contributed by atoms with van der Waals surface area (Å²) in [6.45, 7) is 3.21. The maximum absolute atomic E-state index is 12.0. The van der Waals surface area contributed by atoms with Crippen LogP contribution >= 0.6 is 11.6 Å². The fourth-order valence-electron chi connectivity index (χ4n) is 0.908. The molecule has 0 saturated carbocycles. The Kier molecular flexibility index (Phi) is 3.17. The van der Waals surface area contributed by atoms with Crippen LogP contribution in [0.4, 0.5) is 0 Å². The van der Waals surface area contributed by atoms with Gasteiger partial charge in [-0.3, -0.25) is 4.98 Å². The van der Waals surface area contributed by atoms with Gasteiger partial charge >= 0.3 is 0 Å². The summed E-state index contributed by atoms with van der Waals surface area (Å²) in [5.41, 5.74) is 0. The number of rotatable bonds is 3. The number of halogens is 1. The molecule has 1 aromatic heterocycles. The zero-order chi connectivity index (χ0) is 10.8. The van der Waals surface area contributed by atoms with E-state index in [2.05, 4.69) is 4.98 Å². The van der Waals surface area contributed by atoms with Gasteiger partial charge in [-0.25, -0.2) is 8.42 Å². The van der Waals surface area contributed by atoms with Gasteiger partial charge in [-0.1, -0.05) is 0 Å². The lowest BCUT2D eigenvalue weighted by Crippen LogP contribution is -2.33. The van der Waals surface area contributed by atoms with Crippen LogP contribution in [0.2, 0.25) is 0 Å². The van der Waals surface area contributed by atoms with Crippen LogP contribution in [-0.2, 0) is 9.84 Å². The molecule has 1 rings (SSSR count). The molecule has 0 amide bonds. The minimum absolute atomic E-state index is 0.0671. The van der Waals surface area contributed by atoms with Gasteiger partial charge in [0, 0.05) is 18.3 Å². The summed E-state index contributed by atoms with van der Waals surface area (Å²) in [5, 5.41) is 0. The molecule has 0 aliphatic heterocycles. The number of nitrogens with zero attached hydrogens (tertiary/aromatic N) is 1. The Hall–Kier alpha value is -0.610. The van der Waals surface area contributed by atoms with Gasteiger partial charge in [-0.15, -0.1) is 11.6 Å². The van der Waals surface area contributed by atoms with Gasteiger partial charge in [0.15, 0.2) is 9.84 Å². The lowest BCUT2D eigenvalue weighted by atomic mass is 10.2. The van der Waals surface area contributed by atoms with Crippen molar-refractivity contribution >= 4 is 21.4 Å². The highest BCUT2D eigenvalue weighted by molar-refractivity contribution is 7.92. The van der Waals surface area contributed by atoms with Crippen LogP contribution in [0.3, 0.4) is 0 Å². The van der Waals surface area contributed by atoms with Gasteiger partial charge in [-0.2, -0.15) is 0 Å². The van der Waals surface area contributed by atoms with Crippen LogP contribution in [0.1, 0.15) is 13.8 Å². The molecule has 0 bridgehead atoms. The molecule has 0 fully saturated rings. The van der Waals surface area contributed by atoms with Crippen molar-refractivity contribution in [1.29, 1.82) is 0 Å². The lowest BCUT2D eigenvalue weighted by molar-refractivity contribution is 0.561. The fourth-order valence-corrected chi connectivity index (χ4v) is 2.60. The third kappa shape index (κ3) is 1.91. The monoisotopic (exact) mass is 233 g/mol. The van der Waals surface area contributed by atoms with Crippen molar-refractivity contribution in [2.75, 3.05) is 5.88 Å². The number of alkyl halides is 1. The molecule has 1 heterocycles. The number of sulfone groups is 1. The van der Waals surface area contributed by atoms with E-state index in [1.165, 1.54) is 24.5 Å². The van der Waals surface area contributed by atoms with E-state index in [4.69, 9.17) is 11.6 Å². The second-order valence-electron chi connectivity index (χ2n) is 3.58. The molecule has 3 nitrogen and oxygen atoms in total. The molecule has 0 aliphatic rings. The van der Waals surface area contributed by atoms with Crippen LogP contribution in [0.5, 0.6) is 0 Å². The first-order valence-corrected chi connectivity index (χ1v) is 6.14. The second kappa shape index (κ2) is 3.87. The van der Waals surface area contributed by atoms with E-state index in [0.29, 0.717) is 0 Å². The Morgan fingerprint density at radius 1 is 1.36 bits per heavy atom. The number of hydrogen-bond donors (Lipinski definition) is 0. The van der Waals surface area contributed by atoms with Crippen molar-refractivity contribution in [1.82, 2.24) is 4.98 Å². The number of pyridine rings is 1. The molecule has 5 heteroatoms. The highest BCUT2D eigenvalue weighted by atomic mass is 35.5. The van der Waals surface area contributed by atoms with Crippen LogP contribution < -0.4 is 0 Å². The minimum atomic E-state index is -3.36. The van der Waals surface area contributed by atoms with Crippen LogP contribution in [0.25, 0.3) is 0 Å². The number of aromatic nitrogens is 1. The molecule has 0 aromatic carbocycles. The Morgan fingerprint density at radius 2 is 1.86 bits per heavy atom. The topological polar surface area (TPSA) is 47.0 Å². The van der Waals surface area contributed by atoms with E-state index >= 15 is 0 Å². The molecule has 0 unspecified atom stereocenters. The highest BCUT2D eigenvalue weighted by Gasteiger charge is 2.34. The Bertz CT molecular complexity index is 400. The van der Waals surface area contributed by atoms with E-state index in [-0.39, 0.29) is 10.8 Å². The van der Waals surface area contributed by atoms with E-state index in [1.807, 2.05) is 0 Å². The van der Waals surface area contributed by atoms with E-state index in [1.54, 1.807) is 13.8 Å². The molecule has 0 spiro atoms. The van der Waals surface area contributed by atoms with Crippen molar-refractivity contribution in [2.24, 2.45) is 0 Å². The van der Waals surface area contributed by atoms with Crippen molar-refractivity contribution in [3.63, 3.8) is 0 Å². The summed E-state index contributed by atoms with van der Waals surface area (Å²) in [6, 6.07) is 2.95. The van der Waals surface area contributed by atoms with Crippen LogP contribution in [-0.4, -0.2) is 24.0 Å². The third-order valence-corrected chi connectivity index (χ3v) is 5.33. The van der Waals surface area contributed by atoms with Crippen molar-refractivity contribution in [2.45, 2.75) is 23.5 Å². The first-order chi connectivity index (χ1) is 6.42. The standard InChI is InChI=1S/C9H12ClNO2S/c1-9(2,7-10)14(12,13)8-3-5-11-6-4-8/h3-6H,7H2,1-2H3. The van der Waals surface area contributed by atoms with Crippen molar-refractivity contribution in [3.8, 4) is 0 Å². The molecule has 78 valence electrons. The van der Waals surface area contributed by atoms with E-state index < -0.39 is 14.6 Å². The first kappa shape index (κ1) is 11.5. The molecule has 0 aliphatic carbocycles. The average molecular weight is 234 g/mol. The van der Waals surface area contributed by atoms with Crippen molar-refractivity contribution in [3.05, 3.63) is 24.5 Å². The molecule has 0 N–H and O–H groups in total. The predicted molar refractivity (Wildman–Crippen MR) is 56.2 cm³/mol. The molecule has 0 radical (unpaired) electrons. The SMILES string of the molecule is CC(C)(CCl)S(=O)(=O)c1ccncc1. The highest BCUT2D eigenvalue weighted by Crippen LogP contribution is 2.25. The Morgan fingerprint density at radius 3 is 2.29 bits per heavy atom. The minimum Gasteiger partial charge on any atom is -0.265 e. The molecule has 0 saturated heterocycles. The Labute approximate surface area is 89.0 Å². The zero-order valence-electron chi connectivity index (χ0n) is 8.07.